The second kappa shape index (κ2) is 5.50. The lowest BCUT2D eigenvalue weighted by atomic mass is 10.2. The highest BCUT2D eigenvalue weighted by atomic mass is 32.1. The van der Waals surface area contributed by atoms with Crippen LogP contribution in [0.3, 0.4) is 0 Å². The summed E-state index contributed by atoms with van der Waals surface area (Å²) >= 11 is 1.66. The van der Waals surface area contributed by atoms with Gasteiger partial charge in [0.1, 0.15) is 5.01 Å². The van der Waals surface area contributed by atoms with E-state index in [9.17, 15) is 4.79 Å². The fraction of sp³-hybridized carbons (Fsp3) is 0.286. The number of aryl methyl sites for hydroxylation is 1. The van der Waals surface area contributed by atoms with E-state index in [0.717, 1.165) is 35.2 Å². The van der Waals surface area contributed by atoms with Gasteiger partial charge in [-0.3, -0.25) is 4.90 Å². The fourth-order valence-electron chi connectivity index (χ4n) is 2.14. The standard InChI is InChI=1S/C14H16N4OS/c1-10-9-20-13(17-10)8-16-11-2-4-12(5-3-11)18-7-6-15-14(18)19/h2-5,9,16H,6-8H2,1H3,(H,15,19). The highest BCUT2D eigenvalue weighted by Gasteiger charge is 2.20. The molecule has 0 radical (unpaired) electrons. The van der Waals surface area contributed by atoms with Crippen molar-refractivity contribution in [2.45, 2.75) is 13.5 Å². The molecule has 1 aliphatic rings. The molecule has 5 nitrogen and oxygen atoms in total. The monoisotopic (exact) mass is 288 g/mol. The van der Waals surface area contributed by atoms with Crippen LogP contribution >= 0.6 is 11.3 Å². The number of anilines is 2. The number of nitrogens with one attached hydrogen (secondary N) is 2. The van der Waals surface area contributed by atoms with Crippen molar-refractivity contribution in [3.8, 4) is 0 Å². The van der Waals surface area contributed by atoms with Gasteiger partial charge in [0.05, 0.1) is 6.54 Å². The van der Waals surface area contributed by atoms with Crippen LogP contribution in [0.5, 0.6) is 0 Å². The molecular formula is C14H16N4OS. The minimum absolute atomic E-state index is 0.0241. The molecule has 1 aromatic heterocycles. The fourth-order valence-corrected chi connectivity index (χ4v) is 2.85. The molecule has 2 N–H and O–H groups in total. The maximum atomic E-state index is 11.6. The van der Waals surface area contributed by atoms with Crippen LogP contribution in [-0.2, 0) is 6.54 Å². The molecular weight excluding hydrogens is 272 g/mol. The molecule has 1 saturated heterocycles. The van der Waals surface area contributed by atoms with E-state index >= 15 is 0 Å². The molecule has 1 aromatic carbocycles. The average Bonchev–Trinajstić information content (AvgIpc) is 3.06. The van der Waals surface area contributed by atoms with E-state index in [-0.39, 0.29) is 6.03 Å². The minimum atomic E-state index is -0.0241. The molecule has 2 aromatic rings. The third-order valence-electron chi connectivity index (χ3n) is 3.15. The molecule has 20 heavy (non-hydrogen) atoms. The van der Waals surface area contributed by atoms with Crippen molar-refractivity contribution in [1.29, 1.82) is 0 Å². The number of hydrogen-bond donors (Lipinski definition) is 2. The van der Waals surface area contributed by atoms with Crippen molar-refractivity contribution in [3.63, 3.8) is 0 Å². The van der Waals surface area contributed by atoms with Crippen LogP contribution in [0, 0.1) is 6.92 Å². The van der Waals surface area contributed by atoms with Crippen molar-refractivity contribution >= 4 is 28.7 Å². The van der Waals surface area contributed by atoms with E-state index in [4.69, 9.17) is 0 Å². The number of benzene rings is 1. The van der Waals surface area contributed by atoms with Gasteiger partial charge in [-0.25, -0.2) is 9.78 Å². The summed E-state index contributed by atoms with van der Waals surface area (Å²) in [5.41, 5.74) is 3.01. The first kappa shape index (κ1) is 12.9. The molecule has 0 saturated carbocycles. The maximum Gasteiger partial charge on any atom is 0.321 e. The smallest absolute Gasteiger partial charge is 0.321 e. The summed E-state index contributed by atoms with van der Waals surface area (Å²) in [4.78, 5) is 17.7. The van der Waals surface area contributed by atoms with Gasteiger partial charge < -0.3 is 10.6 Å². The zero-order valence-corrected chi connectivity index (χ0v) is 12.0. The summed E-state index contributed by atoms with van der Waals surface area (Å²) in [6, 6.07) is 7.87. The second-order valence-corrected chi connectivity index (χ2v) is 5.61. The highest BCUT2D eigenvalue weighted by Crippen LogP contribution is 2.20. The first-order chi connectivity index (χ1) is 9.72. The first-order valence-electron chi connectivity index (χ1n) is 6.53. The quantitative estimate of drug-likeness (QED) is 0.909. The van der Waals surface area contributed by atoms with Crippen LogP contribution in [0.4, 0.5) is 16.2 Å². The molecule has 3 rings (SSSR count). The number of thiazole rings is 1. The van der Waals surface area contributed by atoms with Gasteiger partial charge in [0.25, 0.3) is 0 Å². The maximum absolute atomic E-state index is 11.6. The molecule has 1 fully saturated rings. The average molecular weight is 288 g/mol. The summed E-state index contributed by atoms with van der Waals surface area (Å²) < 4.78 is 0. The van der Waals surface area contributed by atoms with E-state index in [1.807, 2.05) is 36.6 Å². The summed E-state index contributed by atoms with van der Waals surface area (Å²) in [7, 11) is 0. The van der Waals surface area contributed by atoms with Crippen molar-refractivity contribution in [3.05, 3.63) is 40.3 Å². The Bertz CT molecular complexity index is 608. The van der Waals surface area contributed by atoms with E-state index in [1.54, 1.807) is 16.2 Å². The first-order valence-corrected chi connectivity index (χ1v) is 7.40. The molecule has 0 aliphatic carbocycles. The number of hydrogen-bond acceptors (Lipinski definition) is 4. The SMILES string of the molecule is Cc1csc(CNc2ccc(N3CCNC3=O)cc2)n1. The number of carbonyl (C=O) groups excluding carboxylic acids is 1. The Kier molecular flexibility index (Phi) is 3.56. The Hall–Kier alpha value is -2.08. The Morgan fingerprint density at radius 3 is 2.80 bits per heavy atom. The number of nitrogens with zero attached hydrogens (tertiary/aromatic N) is 2. The Morgan fingerprint density at radius 1 is 1.40 bits per heavy atom. The largest absolute Gasteiger partial charge is 0.379 e. The molecule has 0 spiro atoms. The van der Waals surface area contributed by atoms with Crippen LogP contribution in [0.1, 0.15) is 10.7 Å². The lowest BCUT2D eigenvalue weighted by Gasteiger charge is -2.14. The van der Waals surface area contributed by atoms with Crippen LogP contribution < -0.4 is 15.5 Å². The van der Waals surface area contributed by atoms with Crippen molar-refractivity contribution in [2.75, 3.05) is 23.3 Å². The Labute approximate surface area is 121 Å². The van der Waals surface area contributed by atoms with Crippen molar-refractivity contribution in [2.24, 2.45) is 0 Å². The molecule has 2 amide bonds. The molecule has 0 bridgehead atoms. The zero-order valence-electron chi connectivity index (χ0n) is 11.2. The summed E-state index contributed by atoms with van der Waals surface area (Å²) in [5, 5.41) is 9.25. The van der Waals surface area contributed by atoms with Gasteiger partial charge >= 0.3 is 6.03 Å². The number of amides is 2. The van der Waals surface area contributed by atoms with Gasteiger partial charge in [-0.2, -0.15) is 0 Å². The lowest BCUT2D eigenvalue weighted by molar-refractivity contribution is 0.252. The van der Waals surface area contributed by atoms with Gasteiger partial charge in [0.2, 0.25) is 0 Å². The predicted molar refractivity (Wildman–Crippen MR) is 81.4 cm³/mol. The van der Waals surface area contributed by atoms with E-state index in [0.29, 0.717) is 6.54 Å². The number of carbonyl (C=O) groups is 1. The Balaban J connectivity index is 1.62. The van der Waals surface area contributed by atoms with Crippen molar-refractivity contribution in [1.82, 2.24) is 10.3 Å². The van der Waals surface area contributed by atoms with E-state index < -0.39 is 0 Å². The molecule has 0 unspecified atom stereocenters. The molecule has 1 aliphatic heterocycles. The third kappa shape index (κ3) is 2.75. The summed E-state index contributed by atoms with van der Waals surface area (Å²) in [6.07, 6.45) is 0. The summed E-state index contributed by atoms with van der Waals surface area (Å²) in [6.45, 7) is 4.16. The van der Waals surface area contributed by atoms with Crippen LogP contribution in [0.15, 0.2) is 29.6 Å². The minimum Gasteiger partial charge on any atom is -0.379 e. The number of rotatable bonds is 4. The van der Waals surface area contributed by atoms with Gasteiger partial charge in [-0.15, -0.1) is 11.3 Å². The summed E-state index contributed by atoms with van der Waals surface area (Å²) in [5.74, 6) is 0. The van der Waals surface area contributed by atoms with Crippen LogP contribution in [-0.4, -0.2) is 24.1 Å². The van der Waals surface area contributed by atoms with Gasteiger partial charge in [0.15, 0.2) is 0 Å². The molecule has 104 valence electrons. The normalized spacial score (nSPS) is 14.4. The third-order valence-corrected chi connectivity index (χ3v) is 4.11. The van der Waals surface area contributed by atoms with Crippen LogP contribution in [0.2, 0.25) is 0 Å². The van der Waals surface area contributed by atoms with Crippen molar-refractivity contribution < 1.29 is 4.79 Å². The predicted octanol–water partition coefficient (Wildman–Crippen LogP) is 2.59. The topological polar surface area (TPSA) is 57.3 Å². The lowest BCUT2D eigenvalue weighted by Crippen LogP contribution is -2.27. The molecule has 2 heterocycles. The second-order valence-electron chi connectivity index (χ2n) is 4.67. The Morgan fingerprint density at radius 2 is 2.20 bits per heavy atom. The number of aromatic nitrogens is 1. The number of urea groups is 1. The van der Waals surface area contributed by atoms with Gasteiger partial charge in [0, 0.05) is 35.5 Å². The van der Waals surface area contributed by atoms with Crippen LogP contribution in [0.25, 0.3) is 0 Å². The van der Waals surface area contributed by atoms with E-state index in [2.05, 4.69) is 15.6 Å². The highest BCUT2D eigenvalue weighted by molar-refractivity contribution is 7.09. The molecule has 6 heteroatoms. The van der Waals surface area contributed by atoms with Gasteiger partial charge in [-0.05, 0) is 31.2 Å². The molecule has 0 atom stereocenters. The van der Waals surface area contributed by atoms with Gasteiger partial charge in [-0.1, -0.05) is 0 Å². The zero-order chi connectivity index (χ0) is 13.9. The van der Waals surface area contributed by atoms with E-state index in [1.165, 1.54) is 0 Å².